The summed E-state index contributed by atoms with van der Waals surface area (Å²) in [6.07, 6.45) is 17.1. The molecule has 588 valence electrons. The fourth-order valence-electron chi connectivity index (χ4n) is 13.9. The first-order chi connectivity index (χ1) is 54.5. The second-order valence-electron chi connectivity index (χ2n) is 29.1. The van der Waals surface area contributed by atoms with Crippen molar-refractivity contribution in [2.24, 2.45) is 36.9 Å². The molecule has 21 heteroatoms. The SMILES string of the molecule is CC(=O)O/N=C1\CCCc2cc(C)c(C)cc21.CC(=O)O/N=C1\CCCc2cc3c(cc21)OCO3.COC(=O)O/N=C1\CCCc2cc(C)ccc21.Cc1ccc2c(c1)CCC/C2=N\OC(=O)C(C)C.Cc1ccc2c(c1)CCC/C2=N\OC(=O)Cc1ccccc1.Cc1ccc2c(c1)CCC/C2=N\OC(=O)c1ccccc1. The molecule has 1 aliphatic heterocycles. The quantitative estimate of drug-likeness (QED) is 0.0700. The number of benzene rings is 8. The summed E-state index contributed by atoms with van der Waals surface area (Å²) in [5.74, 6) is -0.421. The molecular formula is C92H100N6O15. The highest BCUT2D eigenvalue weighted by molar-refractivity contribution is 6.06. The van der Waals surface area contributed by atoms with Gasteiger partial charge < -0.3 is 38.4 Å². The fraction of sp³-hybridized carbons (Fsp3) is 0.348. The first kappa shape index (κ1) is 83.5. The van der Waals surface area contributed by atoms with Gasteiger partial charge in [0.2, 0.25) is 6.79 Å². The van der Waals surface area contributed by atoms with Gasteiger partial charge in [-0.3, -0.25) is 4.84 Å². The summed E-state index contributed by atoms with van der Waals surface area (Å²) >= 11 is 0. The number of fused-ring (bicyclic) bond motifs is 7. The van der Waals surface area contributed by atoms with E-state index >= 15 is 0 Å². The van der Waals surface area contributed by atoms with Crippen LogP contribution in [0.1, 0.15) is 221 Å². The summed E-state index contributed by atoms with van der Waals surface area (Å²) in [4.78, 5) is 97.0. The molecule has 0 bridgehead atoms. The predicted octanol–water partition coefficient (Wildman–Crippen LogP) is 18.7. The zero-order valence-corrected chi connectivity index (χ0v) is 66.5. The standard InChI is InChI=1S/C19H19NO2.C18H17NO2.C15H19NO2.C14H17NO2.C13H13NO4.C13H15NO3/c1-14-10-11-17-16(12-14)8-5-9-18(17)20-22-19(21)13-15-6-3-2-4-7-15;1-13-10-11-16-15(12-13)8-5-9-17(16)19-21-18(20)14-6-3-2-4-7-14;1-10(2)15(17)18-16-14-6-4-5-12-9-11(3)7-8-13(12)14;1-9-7-12-5-4-6-14(15-17-11(3)16)13(12)8-10(9)2;1-8(15)18-14-11-4-2-3-9-5-12-13(6-10(9)11)17-7-16-12;1-9-6-7-11-10(8-9)4-3-5-12(11)14-17-13(15)16-2/h2-4,6-7,10-12H,5,8-9,13H2,1H3;2-4,6-7,10-12H,5,8-9H2,1H3;7-10H,4-6H2,1-3H3;7-8H,4-6H2,1-3H3;5-6H,2-4,7H2,1H3;6-8H,3-5H2,1-2H3/b20-18+;19-17+;16-14+;15-14+;14-11+;14-12+. The molecule has 0 fully saturated rings. The maximum atomic E-state index is 11.9. The zero-order valence-electron chi connectivity index (χ0n) is 66.5. The molecule has 0 aromatic heterocycles. The Morgan fingerprint density at radius 1 is 0.363 bits per heavy atom. The van der Waals surface area contributed by atoms with Crippen LogP contribution in [0.4, 0.5) is 4.79 Å². The molecule has 0 atom stereocenters. The number of methoxy groups -OCH3 is 1. The van der Waals surface area contributed by atoms with E-state index in [9.17, 15) is 28.8 Å². The number of carbonyl (C=O) groups is 6. The second-order valence-corrected chi connectivity index (χ2v) is 29.1. The smallest absolute Gasteiger partial charge is 0.454 e. The van der Waals surface area contributed by atoms with Crippen molar-refractivity contribution in [3.05, 3.63) is 269 Å². The zero-order chi connectivity index (χ0) is 80.3. The Morgan fingerprint density at radius 3 is 1.12 bits per heavy atom. The van der Waals surface area contributed by atoms with E-state index in [1.165, 1.54) is 82.2 Å². The number of nitrogens with zero attached hydrogens (tertiary/aromatic N) is 6. The van der Waals surface area contributed by atoms with Crippen LogP contribution in [0.15, 0.2) is 189 Å². The Hall–Kier alpha value is -12.0. The minimum Gasteiger partial charge on any atom is -0.454 e. The van der Waals surface area contributed by atoms with E-state index in [0.29, 0.717) is 5.56 Å². The summed E-state index contributed by atoms with van der Waals surface area (Å²) in [5, 5.41) is 24.0. The predicted molar refractivity (Wildman–Crippen MR) is 436 cm³/mol. The first-order valence-electron chi connectivity index (χ1n) is 38.7. The van der Waals surface area contributed by atoms with Crippen LogP contribution in [0.3, 0.4) is 0 Å². The van der Waals surface area contributed by atoms with Gasteiger partial charge in [-0.15, -0.1) is 0 Å². The van der Waals surface area contributed by atoms with Crippen molar-refractivity contribution in [1.29, 1.82) is 0 Å². The van der Waals surface area contributed by atoms with Gasteiger partial charge in [-0.05, 0) is 238 Å². The van der Waals surface area contributed by atoms with E-state index in [0.717, 1.165) is 206 Å². The van der Waals surface area contributed by atoms with Crippen LogP contribution in [-0.4, -0.2) is 84.2 Å². The molecule has 0 spiro atoms. The van der Waals surface area contributed by atoms with E-state index in [2.05, 4.69) is 155 Å². The summed E-state index contributed by atoms with van der Waals surface area (Å²) in [6, 6.07) is 52.0. The lowest BCUT2D eigenvalue weighted by atomic mass is 9.87. The van der Waals surface area contributed by atoms with Gasteiger partial charge in [0.1, 0.15) is 0 Å². The molecule has 15 rings (SSSR count). The summed E-state index contributed by atoms with van der Waals surface area (Å²) in [6.45, 7) is 19.1. The molecule has 1 heterocycles. The van der Waals surface area contributed by atoms with Crippen molar-refractivity contribution in [1.82, 2.24) is 0 Å². The van der Waals surface area contributed by atoms with E-state index in [-0.39, 0.29) is 37.0 Å². The number of hydrogen-bond donors (Lipinski definition) is 0. The number of hydrogen-bond acceptors (Lipinski definition) is 21. The highest BCUT2D eigenvalue weighted by Gasteiger charge is 2.26. The number of carbonyl (C=O) groups excluding carboxylic acids is 6. The van der Waals surface area contributed by atoms with Crippen molar-refractivity contribution in [3.8, 4) is 11.5 Å². The molecule has 0 saturated heterocycles. The van der Waals surface area contributed by atoms with Gasteiger partial charge >= 0.3 is 36.0 Å². The molecule has 0 amide bonds. The summed E-state index contributed by atoms with van der Waals surface area (Å²) < 4.78 is 15.1. The number of ether oxygens (including phenoxy) is 3. The molecular weight excluding hydrogens is 1430 g/mol. The van der Waals surface area contributed by atoms with Gasteiger partial charge in [0.15, 0.2) is 11.5 Å². The third kappa shape index (κ3) is 24.5. The molecule has 6 aliphatic carbocycles. The van der Waals surface area contributed by atoms with Crippen molar-refractivity contribution in [2.45, 2.75) is 191 Å². The van der Waals surface area contributed by atoms with Crippen molar-refractivity contribution >= 4 is 70.3 Å². The maximum absolute atomic E-state index is 11.9. The van der Waals surface area contributed by atoms with Gasteiger partial charge in [0.05, 0.1) is 59.3 Å². The van der Waals surface area contributed by atoms with Gasteiger partial charge in [-0.1, -0.05) is 194 Å². The average molecular weight is 1530 g/mol. The van der Waals surface area contributed by atoms with Gasteiger partial charge in [0.25, 0.3) is 0 Å². The van der Waals surface area contributed by atoms with Crippen molar-refractivity contribution in [2.75, 3.05) is 13.9 Å². The maximum Gasteiger partial charge on any atom is 0.534 e. The molecule has 0 unspecified atom stereocenters. The van der Waals surface area contributed by atoms with Crippen LogP contribution in [0.5, 0.6) is 11.5 Å². The highest BCUT2D eigenvalue weighted by Crippen LogP contribution is 2.38. The van der Waals surface area contributed by atoms with Crippen LogP contribution >= 0.6 is 0 Å². The number of rotatable bonds is 10. The van der Waals surface area contributed by atoms with Crippen LogP contribution in [0.2, 0.25) is 0 Å². The topological polar surface area (TPSA) is 260 Å². The Bertz CT molecular complexity index is 4960. The van der Waals surface area contributed by atoms with Gasteiger partial charge in [0, 0.05) is 47.2 Å². The highest BCUT2D eigenvalue weighted by atomic mass is 16.8. The molecule has 0 N–H and O–H groups in total. The summed E-state index contributed by atoms with van der Waals surface area (Å²) in [7, 11) is 1.26. The first-order valence-corrected chi connectivity index (χ1v) is 38.7. The molecule has 0 saturated carbocycles. The Balaban J connectivity index is 0.000000144. The number of oxime groups is 6. The number of aryl methyl sites for hydroxylation is 12. The lowest BCUT2D eigenvalue weighted by Crippen LogP contribution is -2.15. The Labute approximate surface area is 661 Å². The molecule has 0 radical (unpaired) electrons. The van der Waals surface area contributed by atoms with E-state index in [1.807, 2.05) is 72.8 Å². The largest absolute Gasteiger partial charge is 0.534 e. The second kappa shape index (κ2) is 41.3. The third-order valence-electron chi connectivity index (χ3n) is 19.8. The Kier molecular flexibility index (Phi) is 30.5. The van der Waals surface area contributed by atoms with Crippen LogP contribution < -0.4 is 9.47 Å². The fourth-order valence-corrected chi connectivity index (χ4v) is 13.9. The normalized spacial score (nSPS) is 16.5. The molecule has 8 aromatic carbocycles. The average Bonchev–Trinajstić information content (AvgIpc) is 1.51. The minimum atomic E-state index is -0.781. The van der Waals surface area contributed by atoms with Gasteiger partial charge in [-0.2, -0.15) is 0 Å². The Morgan fingerprint density at radius 2 is 0.708 bits per heavy atom. The molecule has 21 nitrogen and oxygen atoms in total. The van der Waals surface area contributed by atoms with E-state index in [1.54, 1.807) is 26.0 Å². The molecule has 113 heavy (non-hydrogen) atoms. The van der Waals surface area contributed by atoms with Crippen molar-refractivity contribution < 1.29 is 72.0 Å². The van der Waals surface area contributed by atoms with Crippen molar-refractivity contribution in [3.63, 3.8) is 0 Å². The van der Waals surface area contributed by atoms with Crippen LogP contribution in [0.25, 0.3) is 0 Å². The van der Waals surface area contributed by atoms with E-state index in [4.69, 9.17) is 33.7 Å². The minimum absolute atomic E-state index is 0.143. The third-order valence-corrected chi connectivity index (χ3v) is 19.8. The monoisotopic (exact) mass is 1530 g/mol. The van der Waals surface area contributed by atoms with Gasteiger partial charge in [-0.25, -0.2) is 28.8 Å². The molecule has 8 aromatic rings. The summed E-state index contributed by atoms with van der Waals surface area (Å²) in [5.41, 5.74) is 28.3. The lowest BCUT2D eigenvalue weighted by molar-refractivity contribution is -0.147. The van der Waals surface area contributed by atoms with Crippen LogP contribution in [0, 0.1) is 47.5 Å². The lowest BCUT2D eigenvalue weighted by Gasteiger charge is -2.19. The molecule has 7 aliphatic rings. The van der Waals surface area contributed by atoms with Crippen LogP contribution in [-0.2, 0) is 97.9 Å². The van der Waals surface area contributed by atoms with E-state index < -0.39 is 18.1 Å².